The average molecular weight is 575 g/mol. The molecular formula is C33H35ClN2O5. The number of aromatic nitrogens is 1. The number of ether oxygens (including phenoxy) is 4. The van der Waals surface area contributed by atoms with Crippen molar-refractivity contribution in [2.45, 2.75) is 58.0 Å². The number of fused-ring (bicyclic) bond motifs is 3. The van der Waals surface area contributed by atoms with Crippen molar-refractivity contribution in [1.82, 2.24) is 9.88 Å². The van der Waals surface area contributed by atoms with E-state index < -0.39 is 5.79 Å². The van der Waals surface area contributed by atoms with Crippen LogP contribution in [-0.2, 0) is 22.3 Å². The predicted molar refractivity (Wildman–Crippen MR) is 159 cm³/mol. The fourth-order valence-electron chi connectivity index (χ4n) is 5.72. The molecule has 0 bridgehead atoms. The number of amides is 1. The maximum atomic E-state index is 13.6. The van der Waals surface area contributed by atoms with Crippen LogP contribution in [0.5, 0.6) is 11.5 Å². The molecule has 1 aromatic heterocycles. The fraction of sp³-hybridized carbons (Fsp3) is 0.364. The molecule has 3 heterocycles. The van der Waals surface area contributed by atoms with E-state index in [9.17, 15) is 4.79 Å². The molecule has 41 heavy (non-hydrogen) atoms. The Bertz CT molecular complexity index is 1530. The number of H-pyrrole nitrogens is 1. The number of benzene rings is 3. The minimum atomic E-state index is -0.537. The maximum Gasteiger partial charge on any atom is 0.416 e. The van der Waals surface area contributed by atoms with E-state index in [2.05, 4.69) is 11.9 Å². The molecule has 1 unspecified atom stereocenters. The Balaban J connectivity index is 1.24. The van der Waals surface area contributed by atoms with Gasteiger partial charge >= 0.3 is 6.09 Å². The lowest BCUT2D eigenvalue weighted by Gasteiger charge is -2.35. The first-order chi connectivity index (χ1) is 19.8. The van der Waals surface area contributed by atoms with E-state index in [0.717, 1.165) is 40.8 Å². The standard InChI is InChI=1S/C33H35ClN2O5/c1-4-21-5-10-25(11-6-21)40-32(37)36-17-15-27-28-19-23(34)9-14-29(28)35-30(27)31(36)22-7-12-24(13-8-22)38-18-16-26-20-39-33(2,3)41-26/h5-14,19,26,31,35H,4,15-18,20H2,1-3H3/t26-,31?/m0/s1. The third-order valence-corrected chi connectivity index (χ3v) is 8.07. The summed E-state index contributed by atoms with van der Waals surface area (Å²) in [6.07, 6.45) is 2.01. The zero-order valence-electron chi connectivity index (χ0n) is 23.6. The Kier molecular flexibility index (Phi) is 7.68. The van der Waals surface area contributed by atoms with Crippen molar-refractivity contribution >= 4 is 28.6 Å². The highest BCUT2D eigenvalue weighted by Gasteiger charge is 2.36. The lowest BCUT2D eigenvalue weighted by molar-refractivity contribution is -0.139. The van der Waals surface area contributed by atoms with Gasteiger partial charge in [0.25, 0.3) is 0 Å². The molecule has 1 fully saturated rings. The summed E-state index contributed by atoms with van der Waals surface area (Å²) in [5.41, 5.74) is 5.30. The van der Waals surface area contributed by atoms with Crippen LogP contribution in [0.2, 0.25) is 5.02 Å². The van der Waals surface area contributed by atoms with E-state index in [0.29, 0.717) is 37.0 Å². The van der Waals surface area contributed by atoms with Gasteiger partial charge in [-0.2, -0.15) is 0 Å². The first kappa shape index (κ1) is 27.6. The van der Waals surface area contributed by atoms with E-state index in [4.69, 9.17) is 30.5 Å². The van der Waals surface area contributed by atoms with Gasteiger partial charge in [-0.3, -0.25) is 4.90 Å². The van der Waals surface area contributed by atoms with Gasteiger partial charge in [0.05, 0.1) is 19.3 Å². The molecule has 1 N–H and O–H groups in total. The van der Waals surface area contributed by atoms with Crippen molar-refractivity contribution in [3.63, 3.8) is 0 Å². The van der Waals surface area contributed by atoms with Gasteiger partial charge in [-0.05, 0) is 85.8 Å². The summed E-state index contributed by atoms with van der Waals surface area (Å²) in [5, 5.41) is 1.77. The summed E-state index contributed by atoms with van der Waals surface area (Å²) >= 11 is 6.35. The Morgan fingerprint density at radius 2 is 1.83 bits per heavy atom. The highest BCUT2D eigenvalue weighted by Crippen LogP contribution is 2.40. The molecule has 2 atom stereocenters. The van der Waals surface area contributed by atoms with Gasteiger partial charge in [0.2, 0.25) is 0 Å². The second-order valence-corrected chi connectivity index (χ2v) is 11.5. The van der Waals surface area contributed by atoms with Crippen LogP contribution in [0.1, 0.15) is 55.6 Å². The number of nitrogens with one attached hydrogen (secondary N) is 1. The van der Waals surface area contributed by atoms with Crippen LogP contribution < -0.4 is 9.47 Å². The highest BCUT2D eigenvalue weighted by atomic mass is 35.5. The van der Waals surface area contributed by atoms with Crippen LogP contribution in [0.15, 0.2) is 66.7 Å². The van der Waals surface area contributed by atoms with Crippen LogP contribution in [-0.4, -0.2) is 47.6 Å². The topological polar surface area (TPSA) is 73.0 Å². The smallest absolute Gasteiger partial charge is 0.416 e. The Labute approximate surface area is 245 Å². The molecular weight excluding hydrogens is 540 g/mol. The van der Waals surface area contributed by atoms with Gasteiger partial charge < -0.3 is 23.9 Å². The summed E-state index contributed by atoms with van der Waals surface area (Å²) in [5.74, 6) is 0.756. The van der Waals surface area contributed by atoms with Crippen LogP contribution in [0.3, 0.4) is 0 Å². The van der Waals surface area contributed by atoms with Crippen molar-refractivity contribution < 1.29 is 23.7 Å². The molecule has 0 aliphatic carbocycles. The predicted octanol–water partition coefficient (Wildman–Crippen LogP) is 7.45. The zero-order valence-corrected chi connectivity index (χ0v) is 24.4. The number of halogens is 1. The molecule has 6 rings (SSSR count). The van der Waals surface area contributed by atoms with Gasteiger partial charge in [-0.15, -0.1) is 0 Å². The molecule has 2 aliphatic rings. The quantitative estimate of drug-likeness (QED) is 0.248. The van der Waals surface area contributed by atoms with Crippen molar-refractivity contribution in [2.75, 3.05) is 19.8 Å². The van der Waals surface area contributed by atoms with Crippen LogP contribution in [0, 0.1) is 0 Å². The second kappa shape index (κ2) is 11.4. The zero-order chi connectivity index (χ0) is 28.6. The number of carbonyl (C=O) groups excluding carboxylic acids is 1. The summed E-state index contributed by atoms with van der Waals surface area (Å²) in [7, 11) is 0. The van der Waals surface area contributed by atoms with E-state index in [-0.39, 0.29) is 18.2 Å². The number of nitrogens with zero attached hydrogens (tertiary/aromatic N) is 1. The maximum absolute atomic E-state index is 13.6. The molecule has 0 radical (unpaired) electrons. The first-order valence-electron chi connectivity index (χ1n) is 14.2. The third kappa shape index (κ3) is 5.94. The number of carbonyl (C=O) groups is 1. The highest BCUT2D eigenvalue weighted by molar-refractivity contribution is 6.31. The van der Waals surface area contributed by atoms with E-state index >= 15 is 0 Å². The van der Waals surface area contributed by atoms with Crippen LogP contribution in [0.25, 0.3) is 10.9 Å². The van der Waals surface area contributed by atoms with E-state index in [1.807, 2.05) is 80.6 Å². The van der Waals surface area contributed by atoms with Gasteiger partial charge in [0, 0.05) is 34.6 Å². The minimum Gasteiger partial charge on any atom is -0.493 e. The Morgan fingerprint density at radius 1 is 1.07 bits per heavy atom. The molecule has 2 aliphatic heterocycles. The third-order valence-electron chi connectivity index (χ3n) is 7.83. The first-order valence-corrected chi connectivity index (χ1v) is 14.6. The summed E-state index contributed by atoms with van der Waals surface area (Å²) in [6, 6.07) is 21.1. The van der Waals surface area contributed by atoms with Gasteiger partial charge in [0.1, 0.15) is 17.5 Å². The normalized spacial score (nSPS) is 19.8. The lowest BCUT2D eigenvalue weighted by Crippen LogP contribution is -2.42. The average Bonchev–Trinajstić information content (AvgIpc) is 3.51. The summed E-state index contributed by atoms with van der Waals surface area (Å²) in [6.45, 7) is 7.55. The largest absolute Gasteiger partial charge is 0.493 e. The lowest BCUT2D eigenvalue weighted by atomic mass is 9.92. The fourth-order valence-corrected chi connectivity index (χ4v) is 5.89. The molecule has 0 spiro atoms. The van der Waals surface area contributed by atoms with Crippen molar-refractivity contribution in [3.05, 3.63) is 94.1 Å². The molecule has 0 saturated carbocycles. The van der Waals surface area contributed by atoms with Crippen molar-refractivity contribution in [2.24, 2.45) is 0 Å². The Morgan fingerprint density at radius 3 is 2.54 bits per heavy atom. The number of hydrogen-bond acceptors (Lipinski definition) is 5. The second-order valence-electron chi connectivity index (χ2n) is 11.1. The number of rotatable bonds is 7. The van der Waals surface area contributed by atoms with Crippen LogP contribution in [0.4, 0.5) is 4.79 Å². The summed E-state index contributed by atoms with van der Waals surface area (Å²) < 4.78 is 23.4. The number of aromatic amines is 1. The minimum absolute atomic E-state index is 0.0261. The van der Waals surface area contributed by atoms with Gasteiger partial charge in [-0.25, -0.2) is 4.79 Å². The molecule has 8 heteroatoms. The Hall–Kier alpha value is -3.52. The molecule has 1 saturated heterocycles. The van der Waals surface area contributed by atoms with Crippen molar-refractivity contribution in [3.8, 4) is 11.5 Å². The number of aryl methyl sites for hydroxylation is 1. The molecule has 1 amide bonds. The number of hydrogen-bond donors (Lipinski definition) is 1. The SMILES string of the molecule is CCc1ccc(OC(=O)N2CCc3c([nH]c4ccc(Cl)cc34)C2c2ccc(OCC[C@H]3COC(C)(C)O3)cc2)cc1. The van der Waals surface area contributed by atoms with Crippen LogP contribution >= 0.6 is 11.6 Å². The van der Waals surface area contributed by atoms with Gasteiger partial charge in [0.15, 0.2) is 5.79 Å². The van der Waals surface area contributed by atoms with E-state index in [1.165, 1.54) is 11.1 Å². The molecule has 4 aromatic rings. The molecule has 3 aromatic carbocycles. The van der Waals surface area contributed by atoms with Crippen molar-refractivity contribution in [1.29, 1.82) is 0 Å². The molecule has 214 valence electrons. The van der Waals surface area contributed by atoms with Gasteiger partial charge in [-0.1, -0.05) is 42.8 Å². The monoisotopic (exact) mass is 574 g/mol. The molecule has 7 nitrogen and oxygen atoms in total. The van der Waals surface area contributed by atoms with E-state index in [1.54, 1.807) is 4.90 Å². The summed E-state index contributed by atoms with van der Waals surface area (Å²) in [4.78, 5) is 19.0.